The van der Waals surface area contributed by atoms with Crippen LogP contribution in [-0.4, -0.2) is 20.2 Å². The minimum atomic E-state index is -4.61. The summed E-state index contributed by atoms with van der Waals surface area (Å²) in [5, 5.41) is 0. The Morgan fingerprint density at radius 1 is 0.900 bits per heavy atom. The van der Waals surface area contributed by atoms with Crippen LogP contribution in [0.5, 0.6) is 0 Å². The maximum Gasteiger partial charge on any atom is 0.731 e. The molecule has 60 valence electrons. The van der Waals surface area contributed by atoms with Crippen LogP contribution in [0.2, 0.25) is 0 Å². The normalized spacial score (nSPS) is 23.1. The Morgan fingerprint density at radius 3 is 1.70 bits per heavy atom. The van der Waals surface area contributed by atoms with Crippen LogP contribution in [0.4, 0.5) is 12.9 Å². The predicted molar refractivity (Wildman–Crippen MR) is 33.6 cm³/mol. The van der Waals surface area contributed by atoms with Crippen molar-refractivity contribution in [2.45, 2.75) is 19.3 Å². The van der Waals surface area contributed by atoms with Crippen LogP contribution in [-0.2, 0) is 0 Å². The van der Waals surface area contributed by atoms with Gasteiger partial charge < -0.3 is 17.8 Å². The molecule has 1 nitrogen and oxygen atoms in total. The van der Waals surface area contributed by atoms with E-state index in [1.165, 1.54) is 0 Å². The average Bonchev–Trinajstić information content (AvgIpc) is 1.88. The first kappa shape index (κ1) is 7.92. The molecule has 1 fully saturated rings. The second-order valence-electron chi connectivity index (χ2n) is 2.79. The van der Waals surface area contributed by atoms with Crippen molar-refractivity contribution in [1.82, 2.24) is 0 Å². The van der Waals surface area contributed by atoms with Gasteiger partial charge in [-0.1, -0.05) is 0 Å². The number of hydrogen-bond acceptors (Lipinski definition) is 0. The van der Waals surface area contributed by atoms with Gasteiger partial charge in [0, 0.05) is 13.1 Å². The number of nitrogens with one attached hydrogen (secondary N) is 1. The average molecular weight is 153 g/mol. The van der Waals surface area contributed by atoms with Gasteiger partial charge in [-0.3, -0.25) is 0 Å². The van der Waals surface area contributed by atoms with Crippen molar-refractivity contribution in [3.8, 4) is 0 Å². The van der Waals surface area contributed by atoms with Crippen LogP contribution in [0.3, 0.4) is 0 Å². The topological polar surface area (TPSA) is 4.44 Å². The van der Waals surface area contributed by atoms with Gasteiger partial charge in [0.2, 0.25) is 0 Å². The molecular weight excluding hydrogens is 142 g/mol. The van der Waals surface area contributed by atoms with Crippen LogP contribution < -0.4 is 4.81 Å². The number of quaternary nitrogens is 1. The largest absolute Gasteiger partial charge is 0.731 e. The molecule has 0 aliphatic carbocycles. The Labute approximate surface area is 58.3 Å². The van der Waals surface area contributed by atoms with Gasteiger partial charge in [-0.15, -0.1) is 0 Å². The van der Waals surface area contributed by atoms with Gasteiger partial charge in [-0.25, -0.2) is 0 Å². The summed E-state index contributed by atoms with van der Waals surface area (Å²) in [7, 11) is -4.61. The molecule has 0 spiro atoms. The molecule has 0 bridgehead atoms. The third-order valence-corrected chi connectivity index (χ3v) is 1.96. The van der Waals surface area contributed by atoms with E-state index in [1.807, 2.05) is 0 Å². The van der Waals surface area contributed by atoms with E-state index in [0.717, 1.165) is 19.3 Å². The Bertz CT molecular complexity index is 108. The van der Waals surface area contributed by atoms with Crippen molar-refractivity contribution in [2.75, 3.05) is 13.1 Å². The molecule has 1 N–H and O–H groups in total. The van der Waals surface area contributed by atoms with Gasteiger partial charge in [-0.05, 0) is 19.3 Å². The molecule has 1 aliphatic heterocycles. The molecule has 0 saturated carbocycles. The molecular formula is C5H11BF3N. The fraction of sp³-hybridized carbons (Fsp3) is 1.00. The fourth-order valence-electron chi connectivity index (χ4n) is 1.33. The SMILES string of the molecule is F[B-](F)(F)[NH+]1CCCCC1. The Morgan fingerprint density at radius 2 is 1.40 bits per heavy atom. The highest BCUT2D eigenvalue weighted by Crippen LogP contribution is 2.02. The molecule has 0 atom stereocenters. The monoisotopic (exact) mass is 153 g/mol. The third-order valence-electron chi connectivity index (χ3n) is 1.96. The third kappa shape index (κ3) is 1.90. The molecule has 0 aromatic carbocycles. The Kier molecular flexibility index (Phi) is 2.23. The summed E-state index contributed by atoms with van der Waals surface area (Å²) in [5.41, 5.74) is 0. The second-order valence-corrected chi connectivity index (χ2v) is 2.79. The molecule has 10 heavy (non-hydrogen) atoms. The van der Waals surface area contributed by atoms with E-state index in [0.29, 0.717) is 13.1 Å². The van der Waals surface area contributed by atoms with Crippen molar-refractivity contribution >= 4 is 7.11 Å². The van der Waals surface area contributed by atoms with Crippen LogP contribution >= 0.6 is 0 Å². The lowest BCUT2D eigenvalue weighted by Crippen LogP contribution is -3.21. The number of halogens is 3. The zero-order chi connectivity index (χ0) is 7.61. The van der Waals surface area contributed by atoms with Crippen molar-refractivity contribution in [3.63, 3.8) is 0 Å². The minimum absolute atomic E-state index is 0.147. The second kappa shape index (κ2) is 2.82. The quantitative estimate of drug-likeness (QED) is 0.520. The van der Waals surface area contributed by atoms with Crippen LogP contribution in [0, 0.1) is 0 Å². The first-order chi connectivity index (χ1) is 4.61. The molecule has 0 amide bonds. The smallest absolute Gasteiger partial charge is 0.433 e. The van der Waals surface area contributed by atoms with Gasteiger partial charge in [0.1, 0.15) is 0 Å². The molecule has 0 aromatic rings. The zero-order valence-electron chi connectivity index (χ0n) is 5.75. The number of hydrogen-bond donors (Lipinski definition) is 1. The van der Waals surface area contributed by atoms with Gasteiger partial charge in [0.25, 0.3) is 0 Å². The first-order valence-electron chi connectivity index (χ1n) is 3.65. The lowest BCUT2D eigenvalue weighted by atomic mass is 10.00. The van der Waals surface area contributed by atoms with Crippen molar-refractivity contribution < 1.29 is 17.8 Å². The summed E-state index contributed by atoms with van der Waals surface area (Å²) < 4.78 is 35.9. The number of rotatable bonds is 1. The standard InChI is InChI=1S/C5H11BF3N/c7-6(8,9)10-4-2-1-3-5-10/h10H,1-5H2. The van der Waals surface area contributed by atoms with Crippen LogP contribution in [0.1, 0.15) is 19.3 Å². The van der Waals surface area contributed by atoms with Gasteiger partial charge in [0.15, 0.2) is 0 Å². The van der Waals surface area contributed by atoms with E-state index in [1.54, 1.807) is 0 Å². The Hall–Kier alpha value is -0.185. The predicted octanol–water partition coefficient (Wildman–Crippen LogP) is 0.399. The highest BCUT2D eigenvalue weighted by atomic mass is 19.4. The molecule has 5 heteroatoms. The first-order valence-corrected chi connectivity index (χ1v) is 3.65. The summed E-state index contributed by atoms with van der Waals surface area (Å²) in [5.74, 6) is 0. The maximum absolute atomic E-state index is 12.0. The van der Waals surface area contributed by atoms with E-state index < -0.39 is 7.11 Å². The summed E-state index contributed by atoms with van der Waals surface area (Å²) in [6.07, 6.45) is 2.43. The summed E-state index contributed by atoms with van der Waals surface area (Å²) in [6.45, 7) is 0.590. The van der Waals surface area contributed by atoms with Crippen molar-refractivity contribution in [2.24, 2.45) is 0 Å². The van der Waals surface area contributed by atoms with Gasteiger partial charge >= 0.3 is 7.11 Å². The summed E-state index contributed by atoms with van der Waals surface area (Å²) >= 11 is 0. The minimum Gasteiger partial charge on any atom is -0.433 e. The van der Waals surface area contributed by atoms with Crippen molar-refractivity contribution in [3.05, 3.63) is 0 Å². The zero-order valence-corrected chi connectivity index (χ0v) is 5.75. The van der Waals surface area contributed by atoms with Gasteiger partial charge in [-0.2, -0.15) is 0 Å². The molecule has 1 aliphatic rings. The highest BCUT2D eigenvalue weighted by molar-refractivity contribution is 6.48. The molecule has 1 heterocycles. The molecule has 0 aromatic heterocycles. The van der Waals surface area contributed by atoms with E-state index >= 15 is 0 Å². The lowest BCUT2D eigenvalue weighted by molar-refractivity contribution is -0.822. The molecule has 0 radical (unpaired) electrons. The lowest BCUT2D eigenvalue weighted by Gasteiger charge is -2.31. The molecule has 0 unspecified atom stereocenters. The fourth-order valence-corrected chi connectivity index (χ4v) is 1.33. The van der Waals surface area contributed by atoms with E-state index in [4.69, 9.17) is 0 Å². The molecule has 1 saturated heterocycles. The summed E-state index contributed by atoms with van der Waals surface area (Å²) in [6, 6.07) is 0. The Balaban J connectivity index is 2.39. The van der Waals surface area contributed by atoms with Crippen molar-refractivity contribution in [1.29, 1.82) is 0 Å². The molecule has 1 rings (SSSR count). The van der Waals surface area contributed by atoms with E-state index in [-0.39, 0.29) is 4.81 Å². The maximum atomic E-state index is 12.0. The van der Waals surface area contributed by atoms with Gasteiger partial charge in [0.05, 0.1) is 0 Å². The van der Waals surface area contributed by atoms with Crippen LogP contribution in [0.15, 0.2) is 0 Å². The summed E-state index contributed by atoms with van der Waals surface area (Å²) in [4.78, 5) is -0.147. The van der Waals surface area contributed by atoms with E-state index in [9.17, 15) is 12.9 Å². The van der Waals surface area contributed by atoms with Crippen LogP contribution in [0.25, 0.3) is 0 Å². The van der Waals surface area contributed by atoms with E-state index in [2.05, 4.69) is 0 Å². The number of piperidine rings is 1. The highest BCUT2D eigenvalue weighted by Gasteiger charge is 2.41.